The van der Waals surface area contributed by atoms with Gasteiger partial charge in [0.2, 0.25) is 0 Å². The van der Waals surface area contributed by atoms with E-state index in [0.717, 1.165) is 45.1 Å². The van der Waals surface area contributed by atoms with Crippen molar-refractivity contribution in [3.63, 3.8) is 0 Å². The Morgan fingerprint density at radius 3 is 2.50 bits per heavy atom. The van der Waals surface area contributed by atoms with Gasteiger partial charge in [0.25, 0.3) is 0 Å². The quantitative estimate of drug-likeness (QED) is 0.372. The van der Waals surface area contributed by atoms with E-state index in [1.54, 1.807) is 0 Å². The first kappa shape index (κ1) is 23.4. The van der Waals surface area contributed by atoms with Crippen LogP contribution < -0.4 is 10.6 Å². The number of benzene rings is 1. The molecule has 0 saturated carbocycles. The van der Waals surface area contributed by atoms with Crippen molar-refractivity contribution in [1.29, 1.82) is 0 Å². The highest BCUT2D eigenvalue weighted by Gasteiger charge is 2.31. The van der Waals surface area contributed by atoms with Crippen LogP contribution in [-0.2, 0) is 13.0 Å². The maximum Gasteiger partial charge on any atom is 0.191 e. The number of aliphatic imine (C=N–C) groups is 1. The molecular formula is C22H38IN5. The summed E-state index contributed by atoms with van der Waals surface area (Å²) in [6, 6.07) is 10.4. The minimum absolute atomic E-state index is 0. The van der Waals surface area contributed by atoms with E-state index in [0.29, 0.717) is 24.0 Å². The maximum absolute atomic E-state index is 4.47. The number of fused-ring (bicyclic) bond motifs is 1. The van der Waals surface area contributed by atoms with Crippen LogP contribution in [0.2, 0.25) is 0 Å². The van der Waals surface area contributed by atoms with E-state index >= 15 is 0 Å². The van der Waals surface area contributed by atoms with Gasteiger partial charge in [-0.15, -0.1) is 24.0 Å². The summed E-state index contributed by atoms with van der Waals surface area (Å²) in [5.74, 6) is 1.57. The Morgan fingerprint density at radius 2 is 1.86 bits per heavy atom. The van der Waals surface area contributed by atoms with Crippen LogP contribution >= 0.6 is 24.0 Å². The molecule has 3 unspecified atom stereocenters. The Morgan fingerprint density at radius 1 is 1.14 bits per heavy atom. The molecule has 0 aliphatic carbocycles. The highest BCUT2D eigenvalue weighted by atomic mass is 127. The van der Waals surface area contributed by atoms with Crippen molar-refractivity contribution in [3.05, 3.63) is 35.4 Å². The van der Waals surface area contributed by atoms with Gasteiger partial charge in [-0.05, 0) is 44.2 Å². The molecule has 1 aromatic rings. The zero-order valence-electron chi connectivity index (χ0n) is 18.1. The number of halogens is 1. The molecule has 1 aromatic carbocycles. The fraction of sp³-hybridized carbons (Fsp3) is 0.682. The van der Waals surface area contributed by atoms with E-state index in [1.165, 1.54) is 11.1 Å². The summed E-state index contributed by atoms with van der Waals surface area (Å²) in [5, 5.41) is 7.21. The molecule has 0 spiro atoms. The fourth-order valence-electron chi connectivity index (χ4n) is 4.25. The van der Waals surface area contributed by atoms with Gasteiger partial charge >= 0.3 is 0 Å². The summed E-state index contributed by atoms with van der Waals surface area (Å²) >= 11 is 0. The molecule has 6 heteroatoms. The van der Waals surface area contributed by atoms with E-state index in [2.05, 4.69) is 77.4 Å². The summed E-state index contributed by atoms with van der Waals surface area (Å²) in [5.41, 5.74) is 2.99. The SMILES string of the molecule is CN=C(NCC(C)N1CCc2ccccc2C1)NC1CN(C(C)C)CC1C.I. The van der Waals surface area contributed by atoms with Gasteiger partial charge in [-0.3, -0.25) is 14.8 Å². The molecule has 158 valence electrons. The summed E-state index contributed by atoms with van der Waals surface area (Å²) < 4.78 is 0. The van der Waals surface area contributed by atoms with Gasteiger partial charge in [-0.1, -0.05) is 31.2 Å². The van der Waals surface area contributed by atoms with E-state index in [1.807, 2.05) is 7.05 Å². The summed E-state index contributed by atoms with van der Waals surface area (Å²) in [7, 11) is 1.87. The van der Waals surface area contributed by atoms with Crippen LogP contribution in [0.25, 0.3) is 0 Å². The second kappa shape index (κ2) is 10.8. The molecule has 0 bridgehead atoms. The zero-order chi connectivity index (χ0) is 19.4. The second-order valence-electron chi connectivity index (χ2n) is 8.57. The van der Waals surface area contributed by atoms with Crippen molar-refractivity contribution in [3.8, 4) is 0 Å². The lowest BCUT2D eigenvalue weighted by Gasteiger charge is -2.34. The Kier molecular flexibility index (Phi) is 9.02. The van der Waals surface area contributed by atoms with Gasteiger partial charge in [0, 0.05) is 57.9 Å². The van der Waals surface area contributed by atoms with Crippen molar-refractivity contribution in [1.82, 2.24) is 20.4 Å². The van der Waals surface area contributed by atoms with Gasteiger partial charge in [0.05, 0.1) is 0 Å². The number of nitrogens with one attached hydrogen (secondary N) is 2. The van der Waals surface area contributed by atoms with Crippen LogP contribution in [0, 0.1) is 5.92 Å². The van der Waals surface area contributed by atoms with Crippen LogP contribution in [0.15, 0.2) is 29.3 Å². The normalized spacial score (nSPS) is 24.6. The molecule has 0 amide bonds. The first-order chi connectivity index (χ1) is 13.0. The smallest absolute Gasteiger partial charge is 0.191 e. The van der Waals surface area contributed by atoms with Crippen molar-refractivity contribution in [2.24, 2.45) is 10.9 Å². The molecule has 0 aromatic heterocycles. The lowest BCUT2D eigenvalue weighted by molar-refractivity contribution is 0.191. The molecule has 28 heavy (non-hydrogen) atoms. The van der Waals surface area contributed by atoms with Crippen LogP contribution in [0.4, 0.5) is 0 Å². The highest BCUT2D eigenvalue weighted by Crippen LogP contribution is 2.20. The molecule has 1 fully saturated rings. The predicted octanol–water partition coefficient (Wildman–Crippen LogP) is 2.94. The molecule has 0 radical (unpaired) electrons. The Bertz CT molecular complexity index is 648. The molecular weight excluding hydrogens is 461 g/mol. The van der Waals surface area contributed by atoms with Crippen LogP contribution in [0.1, 0.15) is 38.8 Å². The fourth-order valence-corrected chi connectivity index (χ4v) is 4.25. The molecule has 3 atom stereocenters. The predicted molar refractivity (Wildman–Crippen MR) is 130 cm³/mol. The Hall–Kier alpha value is -0.860. The van der Waals surface area contributed by atoms with Crippen molar-refractivity contribution >= 4 is 29.9 Å². The summed E-state index contributed by atoms with van der Waals surface area (Å²) in [4.78, 5) is 9.58. The number of hydrogen-bond donors (Lipinski definition) is 2. The standard InChI is InChI=1S/C22H37N5.HI/c1-16(2)27-13-17(3)21(15-27)25-22(23-5)24-12-18(4)26-11-10-19-8-6-7-9-20(19)14-26;/h6-9,16-18,21H,10-15H2,1-5H3,(H2,23,24,25);1H. The zero-order valence-corrected chi connectivity index (χ0v) is 20.4. The molecule has 2 aliphatic heterocycles. The van der Waals surface area contributed by atoms with Crippen molar-refractivity contribution in [2.75, 3.05) is 33.2 Å². The van der Waals surface area contributed by atoms with Gasteiger partial charge in [0.15, 0.2) is 5.96 Å². The second-order valence-corrected chi connectivity index (χ2v) is 8.57. The minimum atomic E-state index is 0. The number of hydrogen-bond acceptors (Lipinski definition) is 3. The first-order valence-corrected chi connectivity index (χ1v) is 10.5. The van der Waals surface area contributed by atoms with Crippen LogP contribution in [0.3, 0.4) is 0 Å². The van der Waals surface area contributed by atoms with E-state index in [-0.39, 0.29) is 24.0 Å². The van der Waals surface area contributed by atoms with E-state index in [9.17, 15) is 0 Å². The van der Waals surface area contributed by atoms with Crippen LogP contribution in [-0.4, -0.2) is 67.1 Å². The minimum Gasteiger partial charge on any atom is -0.355 e. The van der Waals surface area contributed by atoms with Crippen LogP contribution in [0.5, 0.6) is 0 Å². The summed E-state index contributed by atoms with van der Waals surface area (Å²) in [6.07, 6.45) is 1.15. The lowest BCUT2D eigenvalue weighted by Crippen LogP contribution is -2.50. The monoisotopic (exact) mass is 499 g/mol. The average molecular weight is 499 g/mol. The number of likely N-dealkylation sites (tertiary alicyclic amines) is 1. The number of rotatable bonds is 5. The molecule has 2 N–H and O–H groups in total. The third kappa shape index (κ3) is 5.83. The molecule has 3 rings (SSSR count). The number of guanidine groups is 1. The van der Waals surface area contributed by atoms with E-state index < -0.39 is 0 Å². The molecule has 2 heterocycles. The molecule has 1 saturated heterocycles. The van der Waals surface area contributed by atoms with Gasteiger partial charge in [-0.2, -0.15) is 0 Å². The Balaban J connectivity index is 0.00000280. The average Bonchev–Trinajstić information content (AvgIpc) is 3.05. The van der Waals surface area contributed by atoms with Crippen molar-refractivity contribution < 1.29 is 0 Å². The van der Waals surface area contributed by atoms with Gasteiger partial charge < -0.3 is 10.6 Å². The van der Waals surface area contributed by atoms with Gasteiger partial charge in [-0.25, -0.2) is 0 Å². The molecule has 2 aliphatic rings. The third-order valence-corrected chi connectivity index (χ3v) is 6.27. The molecule has 5 nitrogen and oxygen atoms in total. The maximum atomic E-state index is 4.47. The van der Waals surface area contributed by atoms with Crippen molar-refractivity contribution in [2.45, 2.75) is 58.8 Å². The Labute approximate surface area is 188 Å². The topological polar surface area (TPSA) is 42.9 Å². The highest BCUT2D eigenvalue weighted by molar-refractivity contribution is 14.0. The van der Waals surface area contributed by atoms with E-state index in [4.69, 9.17) is 0 Å². The summed E-state index contributed by atoms with van der Waals surface area (Å²) in [6.45, 7) is 14.6. The third-order valence-electron chi connectivity index (χ3n) is 6.27. The largest absolute Gasteiger partial charge is 0.355 e. The number of nitrogens with zero attached hydrogens (tertiary/aromatic N) is 3. The van der Waals surface area contributed by atoms with Gasteiger partial charge in [0.1, 0.15) is 0 Å². The first-order valence-electron chi connectivity index (χ1n) is 10.5. The lowest BCUT2D eigenvalue weighted by atomic mass is 9.99.